The molecule has 0 radical (unpaired) electrons. The Kier molecular flexibility index (Phi) is 5.82. The van der Waals surface area contributed by atoms with Gasteiger partial charge in [0, 0.05) is 38.4 Å². The fourth-order valence-electron chi connectivity index (χ4n) is 4.86. The van der Waals surface area contributed by atoms with Crippen LogP contribution in [0.4, 0.5) is 4.39 Å². The van der Waals surface area contributed by atoms with Gasteiger partial charge in [-0.15, -0.1) is 5.10 Å². The van der Waals surface area contributed by atoms with E-state index in [0.29, 0.717) is 13.1 Å². The first kappa shape index (κ1) is 22.1. The minimum atomic E-state index is -0.824. The van der Waals surface area contributed by atoms with Crippen LogP contribution in [0.15, 0.2) is 24.8 Å². The Labute approximate surface area is 194 Å². The van der Waals surface area contributed by atoms with Gasteiger partial charge in [0.25, 0.3) is 11.7 Å². The van der Waals surface area contributed by atoms with Gasteiger partial charge >= 0.3 is 0 Å². The van der Waals surface area contributed by atoms with Gasteiger partial charge in [0.05, 0.1) is 41.0 Å². The van der Waals surface area contributed by atoms with Crippen molar-refractivity contribution >= 4 is 28.5 Å². The van der Waals surface area contributed by atoms with Gasteiger partial charge in [0.1, 0.15) is 0 Å². The van der Waals surface area contributed by atoms with E-state index in [9.17, 15) is 18.8 Å². The van der Waals surface area contributed by atoms with Crippen LogP contribution in [-0.4, -0.2) is 84.6 Å². The SMILES string of the molecule is N[C@H]1CCCC[C@@H]1C(=O)N1CCN(C(=O)C(=O)c2c[nH]c3c(-n4ccnn4)ncc(F)c23)CC1. The second kappa shape index (κ2) is 8.93. The highest BCUT2D eigenvalue weighted by molar-refractivity contribution is 6.45. The molecule has 1 aliphatic carbocycles. The van der Waals surface area contributed by atoms with Crippen molar-refractivity contribution in [1.29, 1.82) is 0 Å². The quantitative estimate of drug-likeness (QED) is 0.423. The number of aromatic nitrogens is 5. The Hall–Kier alpha value is -3.67. The van der Waals surface area contributed by atoms with E-state index in [0.717, 1.165) is 31.9 Å². The van der Waals surface area contributed by atoms with Gasteiger partial charge in [-0.1, -0.05) is 18.1 Å². The number of carbonyl (C=O) groups is 3. The van der Waals surface area contributed by atoms with Crippen molar-refractivity contribution in [2.24, 2.45) is 11.7 Å². The van der Waals surface area contributed by atoms with E-state index in [-0.39, 0.29) is 53.2 Å². The first-order valence-corrected chi connectivity index (χ1v) is 11.4. The van der Waals surface area contributed by atoms with E-state index in [1.165, 1.54) is 28.2 Å². The van der Waals surface area contributed by atoms with Gasteiger partial charge in [-0.2, -0.15) is 0 Å². The monoisotopic (exact) mass is 468 g/mol. The normalized spacial score (nSPS) is 21.1. The molecule has 1 saturated heterocycles. The van der Waals surface area contributed by atoms with Crippen LogP contribution in [0.2, 0.25) is 0 Å². The average Bonchev–Trinajstić information content (AvgIpc) is 3.55. The van der Waals surface area contributed by atoms with Crippen LogP contribution in [0.1, 0.15) is 36.0 Å². The largest absolute Gasteiger partial charge is 0.357 e. The standard InChI is InChI=1S/C22H25FN8O3/c23-15-12-26-20(31-6-5-27-28-31)18-17(15)14(11-25-18)19(32)22(34)30-9-7-29(8-10-30)21(33)13-3-1-2-4-16(13)24/h5-6,11-13,16,25H,1-4,7-10,24H2/t13-,16-/m0/s1. The Bertz CT molecular complexity index is 1230. The van der Waals surface area contributed by atoms with Crippen LogP contribution < -0.4 is 5.73 Å². The zero-order valence-electron chi connectivity index (χ0n) is 18.5. The molecule has 11 nitrogen and oxygen atoms in total. The number of fused-ring (bicyclic) bond motifs is 1. The van der Waals surface area contributed by atoms with Gasteiger partial charge in [-0.05, 0) is 12.8 Å². The van der Waals surface area contributed by atoms with Crippen molar-refractivity contribution in [1.82, 2.24) is 34.8 Å². The number of nitrogens with one attached hydrogen (secondary N) is 1. The third-order valence-electron chi connectivity index (χ3n) is 6.74. The molecule has 34 heavy (non-hydrogen) atoms. The van der Waals surface area contributed by atoms with Crippen LogP contribution in [0.5, 0.6) is 0 Å². The van der Waals surface area contributed by atoms with Crippen LogP contribution in [0, 0.1) is 11.7 Å². The Morgan fingerprint density at radius 1 is 1.09 bits per heavy atom. The molecule has 2 fully saturated rings. The Morgan fingerprint density at radius 3 is 2.53 bits per heavy atom. The Morgan fingerprint density at radius 2 is 1.82 bits per heavy atom. The number of nitrogens with zero attached hydrogens (tertiary/aromatic N) is 6. The molecule has 178 valence electrons. The van der Waals surface area contributed by atoms with Crippen LogP contribution in [-0.2, 0) is 9.59 Å². The van der Waals surface area contributed by atoms with Crippen molar-refractivity contribution in [2.45, 2.75) is 31.7 Å². The maximum Gasteiger partial charge on any atom is 0.295 e. The number of hydrogen-bond donors (Lipinski definition) is 2. The van der Waals surface area contributed by atoms with E-state index >= 15 is 0 Å². The van der Waals surface area contributed by atoms with Crippen LogP contribution >= 0.6 is 0 Å². The van der Waals surface area contributed by atoms with E-state index < -0.39 is 17.5 Å². The lowest BCUT2D eigenvalue weighted by atomic mass is 9.84. The average molecular weight is 468 g/mol. The number of H-pyrrole nitrogens is 1. The second-order valence-electron chi connectivity index (χ2n) is 8.73. The van der Waals surface area contributed by atoms with Crippen LogP contribution in [0.25, 0.3) is 16.7 Å². The van der Waals surface area contributed by atoms with Crippen molar-refractivity contribution in [3.8, 4) is 5.82 Å². The third-order valence-corrected chi connectivity index (χ3v) is 6.74. The molecule has 0 bridgehead atoms. The molecular weight excluding hydrogens is 443 g/mol. The first-order valence-electron chi connectivity index (χ1n) is 11.4. The molecule has 0 spiro atoms. The topological polar surface area (TPSA) is 143 Å². The zero-order chi connectivity index (χ0) is 23.8. The third kappa shape index (κ3) is 3.83. The van der Waals surface area contributed by atoms with E-state index in [4.69, 9.17) is 5.73 Å². The van der Waals surface area contributed by atoms with Crippen LogP contribution in [0.3, 0.4) is 0 Å². The summed E-state index contributed by atoms with van der Waals surface area (Å²) in [5.74, 6) is -2.18. The number of pyridine rings is 1. The molecule has 2 amide bonds. The summed E-state index contributed by atoms with van der Waals surface area (Å²) >= 11 is 0. The predicted molar refractivity (Wildman–Crippen MR) is 118 cm³/mol. The number of Topliss-reactive ketones (excluding diaryl/α,β-unsaturated/α-hetero) is 1. The van der Waals surface area contributed by atoms with E-state index in [1.807, 2.05) is 0 Å². The Balaban J connectivity index is 1.30. The molecule has 1 saturated carbocycles. The summed E-state index contributed by atoms with van der Waals surface area (Å²) < 4.78 is 16.0. The minimum absolute atomic E-state index is 0.0254. The maximum absolute atomic E-state index is 14.7. The number of aromatic amines is 1. The summed E-state index contributed by atoms with van der Waals surface area (Å²) in [6.45, 7) is 1.14. The number of rotatable bonds is 4. The smallest absolute Gasteiger partial charge is 0.295 e. The summed E-state index contributed by atoms with van der Waals surface area (Å²) in [6, 6.07) is -0.129. The lowest BCUT2D eigenvalue weighted by Crippen LogP contribution is -2.55. The molecule has 3 N–H and O–H groups in total. The summed E-state index contributed by atoms with van der Waals surface area (Å²) in [5.41, 5.74) is 6.31. The fraction of sp³-hybridized carbons (Fsp3) is 0.455. The lowest BCUT2D eigenvalue weighted by Gasteiger charge is -2.38. The predicted octanol–water partition coefficient (Wildman–Crippen LogP) is 0.654. The molecule has 0 aromatic carbocycles. The van der Waals surface area contributed by atoms with Crippen molar-refractivity contribution in [3.05, 3.63) is 36.2 Å². The molecule has 1 aliphatic heterocycles. The van der Waals surface area contributed by atoms with Crippen molar-refractivity contribution < 1.29 is 18.8 Å². The van der Waals surface area contributed by atoms with Gasteiger partial charge in [0.2, 0.25) is 5.91 Å². The van der Waals surface area contributed by atoms with Gasteiger partial charge in [0.15, 0.2) is 11.6 Å². The number of amides is 2. The molecule has 12 heteroatoms. The fourth-order valence-corrected chi connectivity index (χ4v) is 4.86. The van der Waals surface area contributed by atoms with Crippen molar-refractivity contribution in [2.75, 3.05) is 26.2 Å². The molecule has 2 aliphatic rings. The maximum atomic E-state index is 14.7. The number of nitrogens with two attached hydrogens (primary N) is 1. The summed E-state index contributed by atoms with van der Waals surface area (Å²) in [7, 11) is 0. The number of ketones is 1. The van der Waals surface area contributed by atoms with E-state index in [1.54, 1.807) is 4.90 Å². The lowest BCUT2D eigenvalue weighted by molar-refractivity contribution is -0.141. The van der Waals surface area contributed by atoms with Gasteiger partial charge in [-0.25, -0.2) is 14.1 Å². The first-order chi connectivity index (χ1) is 16.5. The number of carbonyl (C=O) groups excluding carboxylic acids is 3. The summed E-state index contributed by atoms with van der Waals surface area (Å²) in [6.07, 6.45) is 8.94. The van der Waals surface area contributed by atoms with Gasteiger partial charge < -0.3 is 20.5 Å². The molecule has 3 aromatic heterocycles. The summed E-state index contributed by atoms with van der Waals surface area (Å²) in [5, 5.41) is 7.54. The molecule has 2 atom stereocenters. The summed E-state index contributed by atoms with van der Waals surface area (Å²) in [4.78, 5) is 48.9. The molecule has 5 rings (SSSR count). The van der Waals surface area contributed by atoms with E-state index in [2.05, 4.69) is 20.3 Å². The minimum Gasteiger partial charge on any atom is -0.357 e. The highest BCUT2D eigenvalue weighted by Gasteiger charge is 2.35. The molecule has 4 heterocycles. The molecule has 0 unspecified atom stereocenters. The number of halogens is 1. The number of hydrogen-bond acceptors (Lipinski definition) is 7. The zero-order valence-corrected chi connectivity index (χ0v) is 18.5. The molecular formula is C22H25FN8O3. The van der Waals surface area contributed by atoms with Gasteiger partial charge in [-0.3, -0.25) is 14.4 Å². The van der Waals surface area contributed by atoms with Crippen molar-refractivity contribution in [3.63, 3.8) is 0 Å². The highest BCUT2D eigenvalue weighted by Crippen LogP contribution is 2.27. The number of piperazine rings is 1. The molecule has 3 aromatic rings. The highest BCUT2D eigenvalue weighted by atomic mass is 19.1. The second-order valence-corrected chi connectivity index (χ2v) is 8.73.